The monoisotopic (exact) mass is 697 g/mol. The first-order valence-corrected chi connectivity index (χ1v) is 17.8. The molecule has 4 bridgehead atoms. The molecule has 0 saturated heterocycles. The number of nitrogens with zero attached hydrogens (tertiary/aromatic N) is 1. The van der Waals surface area contributed by atoms with Gasteiger partial charge < -0.3 is 49.4 Å². The summed E-state index contributed by atoms with van der Waals surface area (Å²) in [6.07, 6.45) is 6.63. The molecule has 1 aromatic rings. The molecular weight excluding hydrogens is 642 g/mol. The van der Waals surface area contributed by atoms with Crippen molar-refractivity contribution in [1.82, 2.24) is 16.0 Å². The van der Waals surface area contributed by atoms with Gasteiger partial charge in [0.2, 0.25) is 17.7 Å². The van der Waals surface area contributed by atoms with Crippen molar-refractivity contribution in [2.24, 2.45) is 56.8 Å². The van der Waals surface area contributed by atoms with Gasteiger partial charge in [0.05, 0.1) is 0 Å². The highest BCUT2D eigenvalue weighted by Gasteiger charge is 2.52. The van der Waals surface area contributed by atoms with E-state index < -0.39 is 54.0 Å². The molecule has 5 amide bonds. The number of nitrogens with one attached hydrogen (secondary N) is 3. The molecule has 15 heteroatoms. The number of unbranched alkanes of at least 4 members (excludes halogenated alkanes) is 1. The first-order chi connectivity index (χ1) is 23.9. The largest absolute Gasteiger partial charge is 0.436 e. The van der Waals surface area contributed by atoms with Crippen molar-refractivity contribution < 1.29 is 28.7 Å². The molecule has 5 rings (SSSR count). The molecule has 0 aliphatic heterocycles. The van der Waals surface area contributed by atoms with Crippen molar-refractivity contribution in [3.05, 3.63) is 35.9 Å². The minimum absolute atomic E-state index is 0.0980. The van der Waals surface area contributed by atoms with Crippen molar-refractivity contribution in [1.29, 1.82) is 0 Å². The standard InChI is InChI=1S/C35H55N9O6/c36-11-5-4-9-25(29(37)45)42-31(47)27(16-21-7-2-1-3-8-21)44-30(46)26(10-6-12-41-33(38)39)43-32(48)28(50-34(40)49)20-35-17-22-13-23(18-35)15-24(14-22)19-35/h1-3,7-8,22-28H,4-6,9-20,36H2,(H2,37,45)(H2,40,49)(H,42,47)(H,43,48)(H,44,46)(H4,38,39,41). The van der Waals surface area contributed by atoms with Crippen LogP contribution in [0.15, 0.2) is 35.3 Å². The first-order valence-electron chi connectivity index (χ1n) is 17.8. The zero-order chi connectivity index (χ0) is 36.3. The van der Waals surface area contributed by atoms with E-state index in [2.05, 4.69) is 20.9 Å². The summed E-state index contributed by atoms with van der Waals surface area (Å²) in [7, 11) is 0. The molecule has 15 nitrogen and oxygen atoms in total. The number of benzene rings is 1. The molecule has 0 spiro atoms. The van der Waals surface area contributed by atoms with Crippen LogP contribution in [0.1, 0.15) is 82.6 Å². The predicted molar refractivity (Wildman–Crippen MR) is 188 cm³/mol. The summed E-state index contributed by atoms with van der Waals surface area (Å²) >= 11 is 0. The van der Waals surface area contributed by atoms with Crippen LogP contribution in [0.3, 0.4) is 0 Å². The fourth-order valence-corrected chi connectivity index (χ4v) is 8.68. The van der Waals surface area contributed by atoms with Crippen molar-refractivity contribution >= 4 is 35.7 Å². The lowest BCUT2D eigenvalue weighted by molar-refractivity contribution is -0.139. The maximum Gasteiger partial charge on any atom is 0.405 e. The molecule has 4 fully saturated rings. The maximum atomic E-state index is 14.0. The Morgan fingerprint density at radius 3 is 1.88 bits per heavy atom. The second-order valence-corrected chi connectivity index (χ2v) is 14.6. The van der Waals surface area contributed by atoms with Crippen molar-refractivity contribution in [2.45, 2.75) is 108 Å². The van der Waals surface area contributed by atoms with E-state index >= 15 is 0 Å². The third-order valence-corrected chi connectivity index (χ3v) is 10.4. The molecule has 0 radical (unpaired) electrons. The number of carbonyl (C=O) groups is 5. The summed E-state index contributed by atoms with van der Waals surface area (Å²) < 4.78 is 5.42. The molecule has 0 aromatic heterocycles. The Bertz CT molecular complexity index is 1330. The van der Waals surface area contributed by atoms with Crippen molar-refractivity contribution in [3.8, 4) is 0 Å². The van der Waals surface area contributed by atoms with E-state index in [0.717, 1.165) is 24.8 Å². The number of amides is 5. The van der Waals surface area contributed by atoms with Crippen LogP contribution in [0.25, 0.3) is 0 Å². The Morgan fingerprint density at radius 1 is 0.760 bits per heavy atom. The molecule has 1 aromatic carbocycles. The molecule has 4 saturated carbocycles. The lowest BCUT2D eigenvalue weighted by Crippen LogP contribution is -2.58. The Balaban J connectivity index is 1.52. The highest BCUT2D eigenvalue weighted by Crippen LogP contribution is 2.61. The number of hydrogen-bond acceptors (Lipinski definition) is 8. The topological polar surface area (TPSA) is 273 Å². The number of hydrogen-bond donors (Lipinski definition) is 8. The van der Waals surface area contributed by atoms with Gasteiger partial charge in [-0.15, -0.1) is 0 Å². The highest BCUT2D eigenvalue weighted by molar-refractivity contribution is 5.95. The number of primary amides is 2. The van der Waals surface area contributed by atoms with Crippen LogP contribution in [0.4, 0.5) is 4.79 Å². The van der Waals surface area contributed by atoms with E-state index in [1.807, 2.05) is 18.2 Å². The normalized spacial score (nSPS) is 24.2. The van der Waals surface area contributed by atoms with Gasteiger partial charge in [-0.25, -0.2) is 4.79 Å². The van der Waals surface area contributed by atoms with Gasteiger partial charge in [0.25, 0.3) is 5.91 Å². The number of guanidine groups is 1. The van der Waals surface area contributed by atoms with E-state index in [0.29, 0.717) is 56.4 Å². The summed E-state index contributed by atoms with van der Waals surface area (Å²) in [5.41, 5.74) is 28.2. The van der Waals surface area contributed by atoms with Crippen LogP contribution in [-0.2, 0) is 30.3 Å². The Hall–Kier alpha value is -4.40. The summed E-state index contributed by atoms with van der Waals surface area (Å²) in [6, 6.07) is 5.83. The van der Waals surface area contributed by atoms with E-state index in [-0.39, 0.29) is 30.8 Å². The molecule has 4 aliphatic rings. The van der Waals surface area contributed by atoms with Gasteiger partial charge in [0.15, 0.2) is 12.1 Å². The highest BCUT2D eigenvalue weighted by atomic mass is 16.6. The molecule has 4 aliphatic carbocycles. The Kier molecular flexibility index (Phi) is 13.8. The van der Waals surface area contributed by atoms with Crippen LogP contribution < -0.4 is 44.6 Å². The third kappa shape index (κ3) is 11.3. The van der Waals surface area contributed by atoms with Crippen LogP contribution in [-0.4, -0.2) is 73.0 Å². The number of ether oxygens (including phenoxy) is 1. The van der Waals surface area contributed by atoms with Gasteiger partial charge in [-0.1, -0.05) is 30.3 Å². The molecule has 13 N–H and O–H groups in total. The zero-order valence-electron chi connectivity index (χ0n) is 28.8. The smallest absolute Gasteiger partial charge is 0.405 e. The van der Waals surface area contributed by atoms with Crippen LogP contribution in [0.5, 0.6) is 0 Å². The SMILES string of the molecule is NCCCCC(NC(=O)C(Cc1ccccc1)NC(=O)C(CCCN=C(N)N)NC(=O)C(CC12CC3CC(CC(C3)C1)C2)OC(N)=O)C(N)=O. The first kappa shape index (κ1) is 38.4. The van der Waals surface area contributed by atoms with Gasteiger partial charge in [0, 0.05) is 13.0 Å². The number of carbonyl (C=O) groups excluding carboxylic acids is 5. The fourth-order valence-electron chi connectivity index (χ4n) is 8.68. The van der Waals surface area contributed by atoms with Crippen LogP contribution in [0, 0.1) is 23.2 Å². The van der Waals surface area contributed by atoms with Crippen LogP contribution in [0.2, 0.25) is 0 Å². The zero-order valence-corrected chi connectivity index (χ0v) is 28.8. The summed E-state index contributed by atoms with van der Waals surface area (Å²) in [5, 5.41) is 8.25. The van der Waals surface area contributed by atoms with E-state index in [1.54, 1.807) is 12.1 Å². The number of rotatable bonds is 20. The van der Waals surface area contributed by atoms with Gasteiger partial charge in [0.1, 0.15) is 18.1 Å². The van der Waals surface area contributed by atoms with Gasteiger partial charge in [-0.2, -0.15) is 0 Å². The molecule has 4 unspecified atom stereocenters. The fraction of sp³-hybridized carbons (Fsp3) is 0.657. The molecular formula is C35H55N9O6. The third-order valence-electron chi connectivity index (χ3n) is 10.4. The second-order valence-electron chi connectivity index (χ2n) is 14.6. The molecule has 0 heterocycles. The van der Waals surface area contributed by atoms with Crippen molar-refractivity contribution in [2.75, 3.05) is 13.1 Å². The summed E-state index contributed by atoms with van der Waals surface area (Å²) in [4.78, 5) is 69.7. The van der Waals surface area contributed by atoms with E-state index in [9.17, 15) is 24.0 Å². The lowest BCUT2D eigenvalue weighted by atomic mass is 9.48. The number of nitrogens with two attached hydrogens (primary N) is 5. The minimum atomic E-state index is -1.19. The van der Waals surface area contributed by atoms with Crippen molar-refractivity contribution in [3.63, 3.8) is 0 Å². The Morgan fingerprint density at radius 2 is 1.32 bits per heavy atom. The number of aliphatic imine (C=N–C) groups is 1. The quantitative estimate of drug-likeness (QED) is 0.0532. The maximum absolute atomic E-state index is 14.0. The Labute approximate surface area is 293 Å². The molecule has 50 heavy (non-hydrogen) atoms. The van der Waals surface area contributed by atoms with Gasteiger partial charge in [-0.05, 0) is 112 Å². The van der Waals surface area contributed by atoms with Gasteiger partial charge >= 0.3 is 6.09 Å². The lowest BCUT2D eigenvalue weighted by Gasteiger charge is -2.57. The van der Waals surface area contributed by atoms with Gasteiger partial charge in [-0.3, -0.25) is 24.2 Å². The summed E-state index contributed by atoms with van der Waals surface area (Å²) in [6.45, 7) is 0.615. The average Bonchev–Trinajstić information content (AvgIpc) is 3.04. The average molecular weight is 698 g/mol. The van der Waals surface area contributed by atoms with E-state index in [4.69, 9.17) is 33.4 Å². The molecule has 4 atom stereocenters. The van der Waals surface area contributed by atoms with E-state index in [1.165, 1.54) is 19.3 Å². The molecule has 276 valence electrons. The minimum Gasteiger partial charge on any atom is -0.436 e. The van der Waals surface area contributed by atoms with Crippen LogP contribution >= 0.6 is 0 Å². The second kappa shape index (κ2) is 18.0. The summed E-state index contributed by atoms with van der Waals surface area (Å²) in [5.74, 6) is -0.897. The predicted octanol–water partition coefficient (Wildman–Crippen LogP) is 0.422.